The molecular formula is C26H20F4O3. The molecule has 0 aliphatic carbocycles. The van der Waals surface area contributed by atoms with Crippen molar-refractivity contribution in [2.45, 2.75) is 26.2 Å². The van der Waals surface area contributed by atoms with Gasteiger partial charge in [0.05, 0.1) is 17.7 Å². The molecule has 0 saturated carbocycles. The van der Waals surface area contributed by atoms with Gasteiger partial charge in [0.15, 0.2) is 23.2 Å². The SMILES string of the molecule is CCCCCOc1ccc(C#Cc2ccc(C(=O)Oc3ccc(F)c(F)c3)cc2)c(F)c1F. The molecule has 0 aliphatic rings. The standard InChI is InChI=1S/C26H20F4O3/c1-2-3-4-15-32-23-14-11-18(24(29)25(23)30)8-5-17-6-9-19(10-7-17)26(31)33-20-12-13-21(27)22(28)16-20/h6-7,9-14,16H,2-4,15H2,1H3. The largest absolute Gasteiger partial charge is 0.490 e. The minimum Gasteiger partial charge on any atom is -0.490 e. The number of benzene rings is 3. The minimum absolute atomic E-state index is 0.129. The molecule has 0 spiro atoms. The van der Waals surface area contributed by atoms with Crippen LogP contribution in [0, 0.1) is 35.1 Å². The van der Waals surface area contributed by atoms with Crippen LogP contribution in [0.1, 0.15) is 47.7 Å². The number of carbonyl (C=O) groups is 1. The minimum atomic E-state index is -1.13. The molecule has 0 atom stereocenters. The number of rotatable bonds is 7. The highest BCUT2D eigenvalue weighted by atomic mass is 19.2. The van der Waals surface area contributed by atoms with Gasteiger partial charge in [-0.2, -0.15) is 4.39 Å². The van der Waals surface area contributed by atoms with Gasteiger partial charge in [0.1, 0.15) is 5.75 Å². The Labute approximate surface area is 189 Å². The number of halogens is 4. The molecule has 0 N–H and O–H groups in total. The maximum atomic E-state index is 14.3. The van der Waals surface area contributed by atoms with Crippen molar-refractivity contribution in [2.75, 3.05) is 6.61 Å². The lowest BCUT2D eigenvalue weighted by atomic mass is 10.1. The van der Waals surface area contributed by atoms with Crippen molar-refractivity contribution in [3.05, 3.63) is 94.6 Å². The van der Waals surface area contributed by atoms with Crippen LogP contribution in [0.25, 0.3) is 0 Å². The van der Waals surface area contributed by atoms with Gasteiger partial charge < -0.3 is 9.47 Å². The van der Waals surface area contributed by atoms with E-state index in [-0.39, 0.29) is 22.6 Å². The zero-order chi connectivity index (χ0) is 23.8. The second-order valence-corrected chi connectivity index (χ2v) is 7.09. The summed E-state index contributed by atoms with van der Waals surface area (Å²) in [6.45, 7) is 2.34. The zero-order valence-corrected chi connectivity index (χ0v) is 17.8. The first kappa shape index (κ1) is 23.9. The van der Waals surface area contributed by atoms with E-state index in [1.165, 1.54) is 36.4 Å². The molecule has 3 aromatic rings. The zero-order valence-electron chi connectivity index (χ0n) is 17.8. The Balaban J connectivity index is 1.66. The number of hydrogen-bond acceptors (Lipinski definition) is 3. The summed E-state index contributed by atoms with van der Waals surface area (Å²) in [5.74, 6) is -0.184. The van der Waals surface area contributed by atoms with Gasteiger partial charge in [-0.3, -0.25) is 0 Å². The predicted molar refractivity (Wildman–Crippen MR) is 115 cm³/mol. The van der Waals surface area contributed by atoms with E-state index in [0.717, 1.165) is 37.5 Å². The summed E-state index contributed by atoms with van der Waals surface area (Å²) in [7, 11) is 0. The van der Waals surface area contributed by atoms with Crippen molar-refractivity contribution in [2.24, 2.45) is 0 Å². The summed E-state index contributed by atoms with van der Waals surface area (Å²) in [6, 6.07) is 11.2. The molecule has 0 amide bonds. The van der Waals surface area contributed by atoms with Crippen LogP contribution in [0.4, 0.5) is 17.6 Å². The van der Waals surface area contributed by atoms with Crippen molar-refractivity contribution >= 4 is 5.97 Å². The third-order valence-corrected chi connectivity index (χ3v) is 4.62. The van der Waals surface area contributed by atoms with Gasteiger partial charge in [-0.25, -0.2) is 18.0 Å². The Bertz CT molecular complexity index is 1190. The van der Waals surface area contributed by atoms with Crippen LogP contribution in [0.5, 0.6) is 11.5 Å². The van der Waals surface area contributed by atoms with Crippen molar-refractivity contribution in [1.82, 2.24) is 0 Å². The van der Waals surface area contributed by atoms with Gasteiger partial charge in [0, 0.05) is 11.6 Å². The first-order chi connectivity index (χ1) is 15.9. The average molecular weight is 456 g/mol. The fourth-order valence-corrected chi connectivity index (χ4v) is 2.81. The molecule has 3 aromatic carbocycles. The van der Waals surface area contributed by atoms with Crippen LogP contribution in [-0.4, -0.2) is 12.6 Å². The lowest BCUT2D eigenvalue weighted by molar-refractivity contribution is 0.0734. The first-order valence-electron chi connectivity index (χ1n) is 10.3. The second kappa shape index (κ2) is 11.2. The molecule has 0 aromatic heterocycles. The molecule has 0 saturated heterocycles. The molecule has 0 bridgehead atoms. The first-order valence-corrected chi connectivity index (χ1v) is 10.3. The fraction of sp³-hybridized carbons (Fsp3) is 0.192. The highest BCUT2D eigenvalue weighted by Crippen LogP contribution is 2.23. The molecular weight excluding hydrogens is 436 g/mol. The van der Waals surface area contributed by atoms with Gasteiger partial charge in [0.25, 0.3) is 0 Å². The molecule has 3 nitrogen and oxygen atoms in total. The highest BCUT2D eigenvalue weighted by molar-refractivity contribution is 5.91. The summed E-state index contributed by atoms with van der Waals surface area (Å²) in [5, 5.41) is 0. The van der Waals surface area contributed by atoms with Crippen molar-refractivity contribution in [3.63, 3.8) is 0 Å². The Morgan fingerprint density at radius 3 is 2.30 bits per heavy atom. The molecule has 7 heteroatoms. The molecule has 0 aliphatic heterocycles. The van der Waals surface area contributed by atoms with Gasteiger partial charge in [0.2, 0.25) is 5.82 Å². The van der Waals surface area contributed by atoms with Gasteiger partial charge in [-0.05, 0) is 55.0 Å². The van der Waals surface area contributed by atoms with Crippen LogP contribution >= 0.6 is 0 Å². The van der Waals surface area contributed by atoms with Crippen LogP contribution in [0.3, 0.4) is 0 Å². The van der Waals surface area contributed by atoms with E-state index in [1.54, 1.807) is 0 Å². The van der Waals surface area contributed by atoms with E-state index < -0.39 is 29.2 Å². The van der Waals surface area contributed by atoms with E-state index in [0.29, 0.717) is 12.2 Å². The van der Waals surface area contributed by atoms with Crippen molar-refractivity contribution < 1.29 is 31.8 Å². The topological polar surface area (TPSA) is 35.5 Å². The number of esters is 1. The van der Waals surface area contributed by atoms with Crippen molar-refractivity contribution in [1.29, 1.82) is 0 Å². The molecule has 0 unspecified atom stereocenters. The summed E-state index contributed by atoms with van der Waals surface area (Å²) >= 11 is 0. The van der Waals surface area contributed by atoms with Crippen LogP contribution < -0.4 is 9.47 Å². The number of hydrogen-bond donors (Lipinski definition) is 0. The summed E-state index contributed by atoms with van der Waals surface area (Å²) in [5.41, 5.74) is 0.460. The molecule has 0 heterocycles. The monoisotopic (exact) mass is 456 g/mol. The Kier molecular flexibility index (Phi) is 8.09. The quantitative estimate of drug-likeness (QED) is 0.135. The fourth-order valence-electron chi connectivity index (χ4n) is 2.81. The van der Waals surface area contributed by atoms with Crippen molar-refractivity contribution in [3.8, 4) is 23.3 Å². The smallest absolute Gasteiger partial charge is 0.343 e. The molecule has 3 rings (SSSR count). The average Bonchev–Trinajstić information content (AvgIpc) is 2.81. The van der Waals surface area contributed by atoms with Crippen LogP contribution in [0.2, 0.25) is 0 Å². The lowest BCUT2D eigenvalue weighted by Crippen LogP contribution is -2.08. The maximum absolute atomic E-state index is 14.3. The number of ether oxygens (including phenoxy) is 2. The van der Waals surface area contributed by atoms with E-state index in [1.807, 2.05) is 6.92 Å². The summed E-state index contributed by atoms with van der Waals surface area (Å²) < 4.78 is 65.0. The van der Waals surface area contributed by atoms with E-state index in [4.69, 9.17) is 9.47 Å². The molecule has 0 radical (unpaired) electrons. The van der Waals surface area contributed by atoms with Crippen LogP contribution in [0.15, 0.2) is 54.6 Å². The van der Waals surface area contributed by atoms with Gasteiger partial charge >= 0.3 is 5.97 Å². The van der Waals surface area contributed by atoms with Gasteiger partial charge in [-0.15, -0.1) is 0 Å². The van der Waals surface area contributed by atoms with E-state index in [9.17, 15) is 22.4 Å². The Morgan fingerprint density at radius 2 is 1.61 bits per heavy atom. The highest BCUT2D eigenvalue weighted by Gasteiger charge is 2.14. The van der Waals surface area contributed by atoms with E-state index >= 15 is 0 Å². The second-order valence-electron chi connectivity index (χ2n) is 7.09. The third kappa shape index (κ3) is 6.36. The van der Waals surface area contributed by atoms with E-state index in [2.05, 4.69) is 11.8 Å². The molecule has 170 valence electrons. The molecule has 33 heavy (non-hydrogen) atoms. The Hall–Kier alpha value is -3.79. The lowest BCUT2D eigenvalue weighted by Gasteiger charge is -2.08. The summed E-state index contributed by atoms with van der Waals surface area (Å²) in [4.78, 5) is 12.1. The Morgan fingerprint density at radius 1 is 0.848 bits per heavy atom. The maximum Gasteiger partial charge on any atom is 0.343 e. The summed E-state index contributed by atoms with van der Waals surface area (Å²) in [6.07, 6.45) is 2.68. The number of carbonyl (C=O) groups excluding carboxylic acids is 1. The molecule has 0 fully saturated rings. The number of unbranched alkanes of at least 4 members (excludes halogenated alkanes) is 2. The van der Waals surface area contributed by atoms with Gasteiger partial charge in [-0.1, -0.05) is 31.6 Å². The van der Waals surface area contributed by atoms with Crippen LogP contribution in [-0.2, 0) is 0 Å². The predicted octanol–water partition coefficient (Wildman–Crippen LogP) is 6.43. The third-order valence-electron chi connectivity index (χ3n) is 4.62. The normalized spacial score (nSPS) is 10.3.